The van der Waals surface area contributed by atoms with Gasteiger partial charge in [-0.3, -0.25) is 4.79 Å². The topological polar surface area (TPSA) is 46.5 Å². The van der Waals surface area contributed by atoms with E-state index in [0.717, 1.165) is 32.1 Å². The normalized spacial score (nSPS) is 10.9. The van der Waals surface area contributed by atoms with Gasteiger partial charge in [-0.25, -0.2) is 0 Å². The van der Waals surface area contributed by atoms with Crippen LogP contribution < -0.4 is 0 Å². The molecule has 0 saturated carbocycles. The lowest BCUT2D eigenvalue weighted by molar-refractivity contribution is -0.140. The van der Waals surface area contributed by atoms with Gasteiger partial charge in [0, 0.05) is 6.42 Å². The highest BCUT2D eigenvalue weighted by molar-refractivity contribution is 5.86. The second-order valence-corrected chi connectivity index (χ2v) is 6.87. The zero-order valence-electron chi connectivity index (χ0n) is 15.8. The Labute approximate surface area is 160 Å². The highest BCUT2D eigenvalue weighted by Gasteiger charge is 2.09. The lowest BCUT2D eigenvalue weighted by atomic mass is 9.91. The highest BCUT2D eigenvalue weighted by atomic mass is 16.5. The molecule has 0 aliphatic rings. The summed E-state index contributed by atoms with van der Waals surface area (Å²) in [4.78, 5) is 11.3. The minimum Gasteiger partial charge on any atom is -0.508 e. The molecule has 0 heterocycles. The lowest BCUT2D eigenvalue weighted by Crippen LogP contribution is -2.02. The van der Waals surface area contributed by atoms with Gasteiger partial charge >= 0.3 is 5.97 Å². The van der Waals surface area contributed by atoms with E-state index in [1.54, 1.807) is 12.1 Å². The van der Waals surface area contributed by atoms with E-state index in [1.807, 2.05) is 12.1 Å². The minimum atomic E-state index is -0.138. The maximum atomic E-state index is 11.3. The van der Waals surface area contributed by atoms with Crippen molar-refractivity contribution in [2.24, 2.45) is 0 Å². The number of carbonyl (C=O) groups is 1. The van der Waals surface area contributed by atoms with Crippen LogP contribution in [0.5, 0.6) is 5.75 Å². The standard InChI is InChI=1S/C24H26O3/c1-27-24(26)9-5-4-8-23-20(13-10-18-11-16-21(25)17-12-18)15-14-19-6-2-3-7-22(19)23/h2-3,6-7,11-12,14-17,25H,4-5,8-10,13H2,1H3. The number of methoxy groups -OCH3 is 1. The molecule has 0 atom stereocenters. The second-order valence-electron chi connectivity index (χ2n) is 6.87. The number of ether oxygens (including phenoxy) is 1. The zero-order chi connectivity index (χ0) is 19.1. The molecule has 0 radical (unpaired) electrons. The molecule has 0 unspecified atom stereocenters. The van der Waals surface area contributed by atoms with Crippen molar-refractivity contribution in [1.82, 2.24) is 0 Å². The summed E-state index contributed by atoms with van der Waals surface area (Å²) in [5.41, 5.74) is 3.97. The Bertz CT molecular complexity index is 897. The van der Waals surface area contributed by atoms with Crippen LogP contribution in [0.2, 0.25) is 0 Å². The summed E-state index contributed by atoms with van der Waals surface area (Å²) in [5.74, 6) is 0.163. The van der Waals surface area contributed by atoms with Crippen LogP contribution in [0, 0.1) is 0 Å². The van der Waals surface area contributed by atoms with Crippen molar-refractivity contribution in [3.05, 3.63) is 77.4 Å². The number of esters is 1. The van der Waals surface area contributed by atoms with Crippen LogP contribution in [0.15, 0.2) is 60.7 Å². The Balaban J connectivity index is 1.76. The van der Waals surface area contributed by atoms with Gasteiger partial charge in [0.05, 0.1) is 7.11 Å². The van der Waals surface area contributed by atoms with Gasteiger partial charge in [-0.05, 0) is 71.7 Å². The van der Waals surface area contributed by atoms with Gasteiger partial charge in [-0.1, -0.05) is 48.5 Å². The predicted molar refractivity (Wildman–Crippen MR) is 109 cm³/mol. The number of phenols is 1. The van der Waals surface area contributed by atoms with E-state index in [0.29, 0.717) is 12.2 Å². The summed E-state index contributed by atoms with van der Waals surface area (Å²) in [7, 11) is 1.44. The third-order valence-corrected chi connectivity index (χ3v) is 5.04. The number of unbranched alkanes of at least 4 members (excludes halogenated alkanes) is 1. The molecule has 3 aromatic carbocycles. The Morgan fingerprint density at radius 3 is 2.44 bits per heavy atom. The Morgan fingerprint density at radius 2 is 1.67 bits per heavy atom. The molecule has 0 amide bonds. The van der Waals surface area contributed by atoms with Crippen LogP contribution >= 0.6 is 0 Å². The molecule has 0 aromatic heterocycles. The summed E-state index contributed by atoms with van der Waals surface area (Å²) >= 11 is 0. The summed E-state index contributed by atoms with van der Waals surface area (Å²) in [6, 6.07) is 20.4. The molecule has 0 aliphatic heterocycles. The van der Waals surface area contributed by atoms with E-state index in [-0.39, 0.29) is 5.97 Å². The molecule has 0 spiro atoms. The number of benzene rings is 3. The number of carbonyl (C=O) groups excluding carboxylic acids is 1. The van der Waals surface area contributed by atoms with Crippen LogP contribution in [0.4, 0.5) is 0 Å². The maximum Gasteiger partial charge on any atom is 0.305 e. The summed E-state index contributed by atoms with van der Waals surface area (Å²) in [6.45, 7) is 0. The number of phenolic OH excluding ortho intramolecular Hbond substituents is 1. The molecule has 3 heteroatoms. The van der Waals surface area contributed by atoms with Crippen LogP contribution in [-0.4, -0.2) is 18.2 Å². The molecule has 3 aromatic rings. The predicted octanol–water partition coefficient (Wildman–Crippen LogP) is 5.22. The fraction of sp³-hybridized carbons (Fsp3) is 0.292. The van der Waals surface area contributed by atoms with Crippen LogP contribution in [0.25, 0.3) is 10.8 Å². The number of hydrogen-bond donors (Lipinski definition) is 1. The largest absolute Gasteiger partial charge is 0.508 e. The molecule has 0 bridgehead atoms. The fourth-order valence-corrected chi connectivity index (χ4v) is 3.53. The Morgan fingerprint density at radius 1 is 0.889 bits per heavy atom. The first-order chi connectivity index (χ1) is 13.2. The number of hydrogen-bond acceptors (Lipinski definition) is 3. The van der Waals surface area contributed by atoms with Gasteiger partial charge in [-0.2, -0.15) is 0 Å². The molecule has 27 heavy (non-hydrogen) atoms. The third kappa shape index (κ3) is 5.10. The molecule has 3 nitrogen and oxygen atoms in total. The van der Waals surface area contributed by atoms with E-state index in [1.165, 1.54) is 34.6 Å². The molecule has 3 rings (SSSR count). The van der Waals surface area contributed by atoms with E-state index in [4.69, 9.17) is 4.74 Å². The molecule has 1 N–H and O–H groups in total. The van der Waals surface area contributed by atoms with Crippen molar-refractivity contribution >= 4 is 16.7 Å². The van der Waals surface area contributed by atoms with Gasteiger partial charge in [0.1, 0.15) is 5.75 Å². The molecule has 0 fully saturated rings. The van der Waals surface area contributed by atoms with Gasteiger partial charge < -0.3 is 9.84 Å². The van der Waals surface area contributed by atoms with Gasteiger partial charge in [-0.15, -0.1) is 0 Å². The smallest absolute Gasteiger partial charge is 0.305 e. The lowest BCUT2D eigenvalue weighted by Gasteiger charge is -2.14. The first-order valence-electron chi connectivity index (χ1n) is 9.51. The van der Waals surface area contributed by atoms with Crippen LogP contribution in [0.1, 0.15) is 36.0 Å². The Kier molecular flexibility index (Phi) is 6.48. The number of aryl methyl sites for hydroxylation is 3. The summed E-state index contributed by atoms with van der Waals surface area (Å²) < 4.78 is 4.74. The van der Waals surface area contributed by atoms with Crippen molar-refractivity contribution in [2.45, 2.75) is 38.5 Å². The number of aromatic hydroxyl groups is 1. The monoisotopic (exact) mass is 362 g/mol. The van der Waals surface area contributed by atoms with Crippen LogP contribution in [0.3, 0.4) is 0 Å². The average Bonchev–Trinajstić information content (AvgIpc) is 2.71. The third-order valence-electron chi connectivity index (χ3n) is 5.04. The maximum absolute atomic E-state index is 11.3. The average molecular weight is 362 g/mol. The van der Waals surface area contributed by atoms with Gasteiger partial charge in [0.25, 0.3) is 0 Å². The Hall–Kier alpha value is -2.81. The first-order valence-corrected chi connectivity index (χ1v) is 9.51. The minimum absolute atomic E-state index is 0.138. The van der Waals surface area contributed by atoms with Crippen molar-refractivity contribution in [1.29, 1.82) is 0 Å². The highest BCUT2D eigenvalue weighted by Crippen LogP contribution is 2.26. The molecule has 0 aliphatic carbocycles. The summed E-state index contributed by atoms with van der Waals surface area (Å²) in [6.07, 6.45) is 5.14. The van der Waals surface area contributed by atoms with Gasteiger partial charge in [0.2, 0.25) is 0 Å². The van der Waals surface area contributed by atoms with Crippen molar-refractivity contribution in [3.63, 3.8) is 0 Å². The van der Waals surface area contributed by atoms with Crippen LogP contribution in [-0.2, 0) is 28.8 Å². The SMILES string of the molecule is COC(=O)CCCCc1c(CCc2ccc(O)cc2)ccc2ccccc12. The van der Waals surface area contributed by atoms with E-state index >= 15 is 0 Å². The number of fused-ring (bicyclic) bond motifs is 1. The van der Waals surface area contributed by atoms with Crippen molar-refractivity contribution in [3.8, 4) is 5.75 Å². The second kappa shape index (κ2) is 9.22. The number of rotatable bonds is 8. The van der Waals surface area contributed by atoms with Crippen molar-refractivity contribution in [2.75, 3.05) is 7.11 Å². The van der Waals surface area contributed by atoms with Gasteiger partial charge in [0.15, 0.2) is 0 Å². The quantitative estimate of drug-likeness (QED) is 0.442. The fourth-order valence-electron chi connectivity index (χ4n) is 3.53. The molecule has 0 saturated heterocycles. The molecule has 140 valence electrons. The first kappa shape index (κ1) is 19.0. The van der Waals surface area contributed by atoms with Crippen molar-refractivity contribution < 1.29 is 14.6 Å². The molecular formula is C24H26O3. The summed E-state index contributed by atoms with van der Waals surface area (Å²) in [5, 5.41) is 12.0. The van der Waals surface area contributed by atoms with E-state index in [2.05, 4.69) is 36.4 Å². The zero-order valence-corrected chi connectivity index (χ0v) is 15.8. The molecular weight excluding hydrogens is 336 g/mol. The van der Waals surface area contributed by atoms with E-state index in [9.17, 15) is 9.90 Å². The van der Waals surface area contributed by atoms with E-state index < -0.39 is 0 Å².